The number of aromatic nitrogens is 4. The molecule has 0 fully saturated rings. The van der Waals surface area contributed by atoms with Gasteiger partial charge < -0.3 is 5.11 Å². The summed E-state index contributed by atoms with van der Waals surface area (Å²) in [6.45, 7) is 1.88. The predicted octanol–water partition coefficient (Wildman–Crippen LogP) is 1.80. The number of hydrogen-bond acceptors (Lipinski definition) is 4. The lowest BCUT2D eigenvalue weighted by atomic mass is 10.2. The second-order valence-electron chi connectivity index (χ2n) is 4.12. The van der Waals surface area contributed by atoms with Crippen LogP contribution in [0.1, 0.15) is 16.1 Å². The van der Waals surface area contributed by atoms with Gasteiger partial charge in [-0.25, -0.2) is 14.3 Å². The van der Waals surface area contributed by atoms with E-state index in [-0.39, 0.29) is 5.56 Å². The quantitative estimate of drug-likeness (QED) is 0.754. The van der Waals surface area contributed by atoms with Gasteiger partial charge in [-0.15, -0.1) is 5.10 Å². The summed E-state index contributed by atoms with van der Waals surface area (Å²) >= 11 is 0. The fourth-order valence-corrected chi connectivity index (χ4v) is 1.88. The molecule has 0 unspecified atom stereocenters. The Balaban J connectivity index is 2.22. The first kappa shape index (κ1) is 11.3. The van der Waals surface area contributed by atoms with E-state index < -0.39 is 5.97 Å². The van der Waals surface area contributed by atoms with Gasteiger partial charge in [-0.1, -0.05) is 0 Å². The molecule has 3 rings (SSSR count). The molecule has 3 heterocycles. The third-order valence-corrected chi connectivity index (χ3v) is 2.75. The molecule has 0 aliphatic carbocycles. The summed E-state index contributed by atoms with van der Waals surface area (Å²) in [4.78, 5) is 19.5. The Hall–Kier alpha value is -2.76. The molecule has 0 radical (unpaired) electrons. The van der Waals surface area contributed by atoms with Crippen LogP contribution in [-0.4, -0.2) is 30.7 Å². The standard InChI is InChI=1S/C13H10N4O2/c1-8-7-9(4-5-14-8)11-15-12-10(13(18)19)3-2-6-17(12)16-11/h2-7H,1H3,(H,18,19). The molecule has 3 aromatic heterocycles. The maximum Gasteiger partial charge on any atom is 0.339 e. The highest BCUT2D eigenvalue weighted by atomic mass is 16.4. The van der Waals surface area contributed by atoms with Gasteiger partial charge in [-0.3, -0.25) is 4.98 Å². The molecule has 94 valence electrons. The van der Waals surface area contributed by atoms with Crippen molar-refractivity contribution in [2.45, 2.75) is 6.92 Å². The average Bonchev–Trinajstić information content (AvgIpc) is 2.82. The van der Waals surface area contributed by atoms with Crippen LogP contribution >= 0.6 is 0 Å². The highest BCUT2D eigenvalue weighted by Gasteiger charge is 2.13. The van der Waals surface area contributed by atoms with E-state index in [9.17, 15) is 4.79 Å². The first-order valence-electron chi connectivity index (χ1n) is 5.67. The number of aromatic carboxylic acids is 1. The lowest BCUT2D eigenvalue weighted by Crippen LogP contribution is -2.00. The Bertz CT molecular complexity index is 779. The van der Waals surface area contributed by atoms with E-state index in [0.29, 0.717) is 11.5 Å². The first-order chi connectivity index (χ1) is 9.15. The fraction of sp³-hybridized carbons (Fsp3) is 0.0769. The van der Waals surface area contributed by atoms with Crippen molar-refractivity contribution in [1.29, 1.82) is 0 Å². The van der Waals surface area contributed by atoms with Crippen LogP contribution in [0.3, 0.4) is 0 Å². The van der Waals surface area contributed by atoms with Gasteiger partial charge in [0.1, 0.15) is 5.56 Å². The first-order valence-corrected chi connectivity index (χ1v) is 5.67. The van der Waals surface area contributed by atoms with Crippen molar-refractivity contribution in [3.63, 3.8) is 0 Å². The number of hydrogen-bond donors (Lipinski definition) is 1. The molecule has 19 heavy (non-hydrogen) atoms. The Labute approximate surface area is 108 Å². The Morgan fingerprint density at radius 2 is 2.21 bits per heavy atom. The van der Waals surface area contributed by atoms with Crippen LogP contribution in [-0.2, 0) is 0 Å². The zero-order valence-electron chi connectivity index (χ0n) is 10.1. The average molecular weight is 254 g/mol. The maximum atomic E-state index is 11.1. The minimum atomic E-state index is -1.02. The summed E-state index contributed by atoms with van der Waals surface area (Å²) < 4.78 is 1.47. The van der Waals surface area contributed by atoms with Crippen molar-refractivity contribution in [2.24, 2.45) is 0 Å². The zero-order chi connectivity index (χ0) is 13.4. The van der Waals surface area contributed by atoms with Crippen molar-refractivity contribution in [3.8, 4) is 11.4 Å². The van der Waals surface area contributed by atoms with Crippen LogP contribution in [0, 0.1) is 6.92 Å². The number of carboxylic acids is 1. The van der Waals surface area contributed by atoms with Crippen LogP contribution in [0.4, 0.5) is 0 Å². The second kappa shape index (κ2) is 4.16. The number of carboxylic acid groups (broad SMARTS) is 1. The van der Waals surface area contributed by atoms with E-state index >= 15 is 0 Å². The molecule has 6 heteroatoms. The predicted molar refractivity (Wildman–Crippen MR) is 67.9 cm³/mol. The van der Waals surface area contributed by atoms with Crippen molar-refractivity contribution < 1.29 is 9.90 Å². The topological polar surface area (TPSA) is 80.4 Å². The van der Waals surface area contributed by atoms with Gasteiger partial charge in [0.25, 0.3) is 0 Å². The fourth-order valence-electron chi connectivity index (χ4n) is 1.88. The molecule has 0 bridgehead atoms. The lowest BCUT2D eigenvalue weighted by Gasteiger charge is -1.95. The van der Waals surface area contributed by atoms with Crippen molar-refractivity contribution in [1.82, 2.24) is 19.6 Å². The van der Waals surface area contributed by atoms with E-state index in [1.807, 2.05) is 13.0 Å². The smallest absolute Gasteiger partial charge is 0.339 e. The Morgan fingerprint density at radius 3 is 2.95 bits per heavy atom. The number of fused-ring (bicyclic) bond motifs is 1. The molecule has 0 aliphatic heterocycles. The van der Waals surface area contributed by atoms with E-state index in [2.05, 4.69) is 15.1 Å². The lowest BCUT2D eigenvalue weighted by molar-refractivity contribution is 0.0698. The summed E-state index contributed by atoms with van der Waals surface area (Å²) in [5.41, 5.74) is 2.13. The zero-order valence-corrected chi connectivity index (χ0v) is 10.1. The molecule has 0 saturated heterocycles. The molecule has 0 saturated carbocycles. The van der Waals surface area contributed by atoms with Crippen LogP contribution in [0.15, 0.2) is 36.7 Å². The van der Waals surface area contributed by atoms with E-state index in [1.54, 1.807) is 24.5 Å². The summed E-state index contributed by atoms with van der Waals surface area (Å²) in [6, 6.07) is 6.79. The van der Waals surface area contributed by atoms with Gasteiger partial charge in [0.2, 0.25) is 0 Å². The highest BCUT2D eigenvalue weighted by molar-refractivity contribution is 5.94. The maximum absolute atomic E-state index is 11.1. The van der Waals surface area contributed by atoms with Crippen LogP contribution in [0.25, 0.3) is 17.0 Å². The van der Waals surface area contributed by atoms with Crippen molar-refractivity contribution in [3.05, 3.63) is 47.9 Å². The van der Waals surface area contributed by atoms with Gasteiger partial charge in [-0.2, -0.15) is 0 Å². The van der Waals surface area contributed by atoms with Gasteiger partial charge >= 0.3 is 5.97 Å². The SMILES string of the molecule is Cc1cc(-c2nc3c(C(=O)O)cccn3n2)ccn1. The number of nitrogens with zero attached hydrogens (tertiary/aromatic N) is 4. The third-order valence-electron chi connectivity index (χ3n) is 2.75. The molecule has 3 aromatic rings. The van der Waals surface area contributed by atoms with Crippen molar-refractivity contribution >= 4 is 11.6 Å². The number of pyridine rings is 2. The number of aryl methyl sites for hydroxylation is 1. The molecule has 0 atom stereocenters. The molecule has 6 nitrogen and oxygen atoms in total. The number of rotatable bonds is 2. The number of carbonyl (C=O) groups is 1. The monoisotopic (exact) mass is 254 g/mol. The molecular formula is C13H10N4O2. The van der Waals surface area contributed by atoms with Gasteiger partial charge in [0, 0.05) is 23.7 Å². The minimum absolute atomic E-state index is 0.132. The van der Waals surface area contributed by atoms with E-state index in [1.165, 1.54) is 10.6 Å². The van der Waals surface area contributed by atoms with E-state index in [4.69, 9.17) is 5.11 Å². The molecule has 0 spiro atoms. The van der Waals surface area contributed by atoms with E-state index in [0.717, 1.165) is 11.3 Å². The summed E-state index contributed by atoms with van der Waals surface area (Å²) in [6.07, 6.45) is 3.35. The highest BCUT2D eigenvalue weighted by Crippen LogP contribution is 2.18. The Morgan fingerprint density at radius 1 is 1.37 bits per heavy atom. The molecule has 0 aliphatic rings. The summed E-state index contributed by atoms with van der Waals surface area (Å²) in [5, 5.41) is 13.4. The molecule has 0 amide bonds. The Kier molecular flexibility index (Phi) is 2.49. The summed E-state index contributed by atoms with van der Waals surface area (Å²) in [5.74, 6) is -0.533. The van der Waals surface area contributed by atoms with Crippen LogP contribution < -0.4 is 0 Å². The molecule has 1 N–H and O–H groups in total. The van der Waals surface area contributed by atoms with Gasteiger partial charge in [0.05, 0.1) is 0 Å². The van der Waals surface area contributed by atoms with Crippen LogP contribution in [0.2, 0.25) is 0 Å². The molecular weight excluding hydrogens is 244 g/mol. The molecule has 0 aromatic carbocycles. The summed E-state index contributed by atoms with van der Waals surface area (Å²) in [7, 11) is 0. The van der Waals surface area contributed by atoms with Gasteiger partial charge in [-0.05, 0) is 31.2 Å². The second-order valence-corrected chi connectivity index (χ2v) is 4.12. The minimum Gasteiger partial charge on any atom is -0.478 e. The van der Waals surface area contributed by atoms with Crippen molar-refractivity contribution in [2.75, 3.05) is 0 Å². The normalized spacial score (nSPS) is 10.8. The van der Waals surface area contributed by atoms with Crippen LogP contribution in [0.5, 0.6) is 0 Å². The van der Waals surface area contributed by atoms with Gasteiger partial charge in [0.15, 0.2) is 11.5 Å². The largest absolute Gasteiger partial charge is 0.478 e. The third kappa shape index (κ3) is 1.93.